The van der Waals surface area contributed by atoms with Crippen LogP contribution in [0.4, 0.5) is 22.0 Å². The van der Waals surface area contributed by atoms with Crippen LogP contribution in [-0.4, -0.2) is 20.7 Å². The lowest BCUT2D eigenvalue weighted by molar-refractivity contribution is -0.141. The van der Waals surface area contributed by atoms with E-state index in [9.17, 15) is 26.7 Å². The molecule has 0 aliphatic heterocycles. The summed E-state index contributed by atoms with van der Waals surface area (Å²) in [5.41, 5.74) is 3.81. The molecule has 0 atom stereocenters. The molecule has 2 N–H and O–H groups in total. The largest absolute Gasteiger partial charge is 0.435 e. The lowest BCUT2D eigenvalue weighted by Crippen LogP contribution is -2.14. The second-order valence-electron chi connectivity index (χ2n) is 6.70. The Morgan fingerprint density at radius 1 is 1.10 bits per heavy atom. The van der Waals surface area contributed by atoms with Crippen LogP contribution in [0.3, 0.4) is 0 Å². The van der Waals surface area contributed by atoms with Crippen molar-refractivity contribution < 1.29 is 26.7 Å². The third-order valence-corrected chi connectivity index (χ3v) is 4.65. The van der Waals surface area contributed by atoms with E-state index in [2.05, 4.69) is 10.1 Å². The molecular weight excluding hydrogens is 395 g/mol. The molecule has 10 heteroatoms. The number of nitrogens with two attached hydrogens (primary N) is 1. The van der Waals surface area contributed by atoms with Gasteiger partial charge in [-0.15, -0.1) is 0 Å². The van der Waals surface area contributed by atoms with Gasteiger partial charge < -0.3 is 5.73 Å². The Hall–Kier alpha value is -3.30. The molecule has 1 aromatic carbocycles. The second kappa shape index (κ2) is 6.64. The summed E-state index contributed by atoms with van der Waals surface area (Å²) in [5.74, 6) is -3.65. The summed E-state index contributed by atoms with van der Waals surface area (Å²) in [5, 5.41) is 3.62. The van der Waals surface area contributed by atoms with E-state index in [-0.39, 0.29) is 22.9 Å². The normalized spacial score (nSPS) is 14.2. The Labute approximate surface area is 161 Å². The summed E-state index contributed by atoms with van der Waals surface area (Å²) in [7, 11) is 0. The second-order valence-corrected chi connectivity index (χ2v) is 6.70. The van der Waals surface area contributed by atoms with Crippen LogP contribution in [0, 0.1) is 11.6 Å². The molecule has 2 aromatic heterocycles. The first-order valence-electron chi connectivity index (χ1n) is 8.58. The number of rotatable bonds is 4. The smallest absolute Gasteiger partial charge is 0.366 e. The molecule has 5 nitrogen and oxygen atoms in total. The van der Waals surface area contributed by atoms with Crippen molar-refractivity contribution >= 4 is 5.91 Å². The Morgan fingerprint density at radius 2 is 1.83 bits per heavy atom. The molecule has 1 amide bonds. The number of carbonyl (C=O) groups is 1. The van der Waals surface area contributed by atoms with Crippen molar-refractivity contribution in [3.05, 3.63) is 65.1 Å². The van der Waals surface area contributed by atoms with Crippen molar-refractivity contribution in [1.29, 1.82) is 0 Å². The molecule has 4 rings (SSSR count). The minimum absolute atomic E-state index is 0.0204. The highest BCUT2D eigenvalue weighted by Gasteiger charge is 2.38. The van der Waals surface area contributed by atoms with Gasteiger partial charge in [-0.05, 0) is 37.1 Å². The summed E-state index contributed by atoms with van der Waals surface area (Å²) < 4.78 is 68.5. The van der Waals surface area contributed by atoms with Crippen molar-refractivity contribution in [2.45, 2.75) is 24.9 Å². The Morgan fingerprint density at radius 3 is 2.38 bits per heavy atom. The number of pyridine rings is 1. The quantitative estimate of drug-likeness (QED) is 0.658. The number of carbonyl (C=O) groups excluding carboxylic acids is 1. The fourth-order valence-electron chi connectivity index (χ4n) is 3.02. The molecule has 150 valence electrons. The van der Waals surface area contributed by atoms with Crippen LogP contribution in [0.2, 0.25) is 0 Å². The number of amides is 1. The Bertz CT molecular complexity index is 1100. The van der Waals surface area contributed by atoms with Gasteiger partial charge in [0.1, 0.15) is 0 Å². The van der Waals surface area contributed by atoms with Crippen LogP contribution in [0.15, 0.2) is 36.5 Å². The highest BCUT2D eigenvalue weighted by atomic mass is 19.4. The maximum absolute atomic E-state index is 14.3. The molecule has 1 aliphatic carbocycles. The Balaban J connectivity index is 1.72. The van der Waals surface area contributed by atoms with Gasteiger partial charge in [-0.25, -0.2) is 18.4 Å². The van der Waals surface area contributed by atoms with E-state index in [1.165, 1.54) is 24.4 Å². The van der Waals surface area contributed by atoms with Crippen molar-refractivity contribution in [1.82, 2.24) is 14.8 Å². The van der Waals surface area contributed by atoms with Crippen LogP contribution in [0.25, 0.3) is 16.9 Å². The molecule has 1 fully saturated rings. The summed E-state index contributed by atoms with van der Waals surface area (Å²) in [6.07, 6.45) is -1.87. The number of alkyl halides is 3. The molecule has 1 saturated carbocycles. The zero-order valence-corrected chi connectivity index (χ0v) is 14.7. The number of hydrogen-bond donors (Lipinski definition) is 1. The first-order chi connectivity index (χ1) is 13.7. The molecule has 29 heavy (non-hydrogen) atoms. The van der Waals surface area contributed by atoms with Gasteiger partial charge in [0.05, 0.1) is 5.56 Å². The summed E-state index contributed by atoms with van der Waals surface area (Å²) in [6.45, 7) is 0. The molecular formula is C19H13F5N4O. The van der Waals surface area contributed by atoms with Gasteiger partial charge in [-0.3, -0.25) is 4.79 Å². The minimum Gasteiger partial charge on any atom is -0.366 e. The molecule has 0 unspecified atom stereocenters. The number of nitrogens with zero attached hydrogens (tertiary/aromatic N) is 3. The maximum atomic E-state index is 14.3. The first-order valence-corrected chi connectivity index (χ1v) is 8.58. The third-order valence-electron chi connectivity index (χ3n) is 4.65. The van der Waals surface area contributed by atoms with Gasteiger partial charge in [0.15, 0.2) is 23.1 Å². The van der Waals surface area contributed by atoms with E-state index in [4.69, 9.17) is 5.73 Å². The van der Waals surface area contributed by atoms with E-state index >= 15 is 0 Å². The van der Waals surface area contributed by atoms with Gasteiger partial charge >= 0.3 is 6.18 Å². The highest BCUT2D eigenvalue weighted by molar-refractivity contribution is 5.93. The SMILES string of the molecule is NC(=O)c1ccc(-c2ccc(-n3nc(C(F)(F)F)cc3C3CC3)nc2)c(F)c1F. The zero-order valence-electron chi connectivity index (χ0n) is 14.7. The third kappa shape index (κ3) is 3.45. The number of benzene rings is 1. The molecule has 0 spiro atoms. The summed E-state index contributed by atoms with van der Waals surface area (Å²) in [6, 6.07) is 5.99. The van der Waals surface area contributed by atoms with Gasteiger partial charge in [-0.2, -0.15) is 18.3 Å². The average Bonchev–Trinajstić information content (AvgIpc) is 3.40. The fraction of sp³-hybridized carbons (Fsp3) is 0.211. The fourth-order valence-corrected chi connectivity index (χ4v) is 3.02. The van der Waals surface area contributed by atoms with E-state index in [1.54, 1.807) is 0 Å². The highest BCUT2D eigenvalue weighted by Crippen LogP contribution is 2.42. The first kappa shape index (κ1) is 19.0. The van der Waals surface area contributed by atoms with Gasteiger partial charge in [0.25, 0.3) is 5.91 Å². The zero-order chi connectivity index (χ0) is 20.9. The summed E-state index contributed by atoms with van der Waals surface area (Å²) in [4.78, 5) is 15.2. The van der Waals surface area contributed by atoms with Crippen LogP contribution >= 0.6 is 0 Å². The van der Waals surface area contributed by atoms with Crippen molar-refractivity contribution in [3.8, 4) is 16.9 Å². The van der Waals surface area contributed by atoms with E-state index < -0.39 is 35.0 Å². The van der Waals surface area contributed by atoms with Crippen LogP contribution < -0.4 is 5.73 Å². The van der Waals surface area contributed by atoms with E-state index in [0.29, 0.717) is 5.69 Å². The van der Waals surface area contributed by atoms with Gasteiger partial charge in [0, 0.05) is 28.9 Å². The number of aromatic nitrogens is 3. The van der Waals surface area contributed by atoms with Crippen LogP contribution in [-0.2, 0) is 6.18 Å². The van der Waals surface area contributed by atoms with E-state index in [0.717, 1.165) is 29.7 Å². The molecule has 0 radical (unpaired) electrons. The lowest BCUT2D eigenvalue weighted by Gasteiger charge is -2.09. The van der Waals surface area contributed by atoms with Crippen molar-refractivity contribution in [2.75, 3.05) is 0 Å². The van der Waals surface area contributed by atoms with Crippen LogP contribution in [0.5, 0.6) is 0 Å². The standard InChI is InChI=1S/C19H13F5N4O/c20-16-11(4-5-12(17(16)21)18(25)29)10-3-6-15(26-8-10)28-13(9-1-2-9)7-14(27-28)19(22,23)24/h3-9H,1-2H2,(H2,25,29). The maximum Gasteiger partial charge on any atom is 0.435 e. The molecule has 0 bridgehead atoms. The van der Waals surface area contributed by atoms with Gasteiger partial charge in [-0.1, -0.05) is 6.07 Å². The van der Waals surface area contributed by atoms with Crippen molar-refractivity contribution in [3.63, 3.8) is 0 Å². The van der Waals surface area contributed by atoms with E-state index in [1.807, 2.05) is 0 Å². The number of halogens is 5. The number of hydrogen-bond acceptors (Lipinski definition) is 3. The van der Waals surface area contributed by atoms with Gasteiger partial charge in [0.2, 0.25) is 0 Å². The number of primary amides is 1. The predicted octanol–water partition coefficient (Wildman–Crippen LogP) is 4.21. The average molecular weight is 408 g/mol. The van der Waals surface area contributed by atoms with Crippen LogP contribution in [0.1, 0.15) is 40.5 Å². The monoisotopic (exact) mass is 408 g/mol. The minimum atomic E-state index is -4.59. The molecule has 3 aromatic rings. The molecule has 1 aliphatic rings. The molecule has 2 heterocycles. The lowest BCUT2D eigenvalue weighted by atomic mass is 10.0. The molecule has 0 saturated heterocycles. The topological polar surface area (TPSA) is 73.8 Å². The predicted molar refractivity (Wildman–Crippen MR) is 92.2 cm³/mol. The summed E-state index contributed by atoms with van der Waals surface area (Å²) >= 11 is 0. The van der Waals surface area contributed by atoms with Crippen molar-refractivity contribution in [2.24, 2.45) is 5.73 Å². The Kier molecular flexibility index (Phi) is 4.36.